The first-order chi connectivity index (χ1) is 8.93. The third-order valence-corrected chi connectivity index (χ3v) is 5.15. The molecule has 2 rings (SSSR count). The fraction of sp³-hybridized carbons (Fsp3) is 0.867. The smallest absolute Gasteiger partial charge is 0.311 e. The zero-order valence-electron chi connectivity index (χ0n) is 11.9. The second-order valence-corrected chi connectivity index (χ2v) is 6.63. The Morgan fingerprint density at radius 1 is 1.16 bits per heavy atom. The summed E-state index contributed by atoms with van der Waals surface area (Å²) in [6.07, 6.45) is 6.45. The molecule has 0 heterocycles. The summed E-state index contributed by atoms with van der Waals surface area (Å²) in [6.45, 7) is 3.99. The van der Waals surface area contributed by atoms with Gasteiger partial charge in [-0.2, -0.15) is 0 Å². The van der Waals surface area contributed by atoms with Gasteiger partial charge in [0.05, 0.1) is 5.41 Å². The minimum atomic E-state index is -0.785. The molecule has 2 atom stereocenters. The van der Waals surface area contributed by atoms with Crippen LogP contribution in [0.1, 0.15) is 58.8 Å². The fourth-order valence-electron chi connectivity index (χ4n) is 3.47. The second-order valence-electron chi connectivity index (χ2n) is 6.63. The first kappa shape index (κ1) is 14.4. The average Bonchev–Trinajstić information content (AvgIpc) is 2.73. The summed E-state index contributed by atoms with van der Waals surface area (Å²) in [7, 11) is 0. The van der Waals surface area contributed by atoms with Crippen LogP contribution in [0.25, 0.3) is 0 Å². The molecule has 2 saturated carbocycles. The van der Waals surface area contributed by atoms with Crippen molar-refractivity contribution in [2.45, 2.75) is 64.8 Å². The number of carboxylic acid groups (broad SMARTS) is 1. The highest BCUT2D eigenvalue weighted by Gasteiger charge is 2.46. The Morgan fingerprint density at radius 3 is 2.37 bits per heavy atom. The van der Waals surface area contributed by atoms with Crippen molar-refractivity contribution in [3.8, 4) is 0 Å². The van der Waals surface area contributed by atoms with E-state index in [0.29, 0.717) is 6.42 Å². The van der Waals surface area contributed by atoms with E-state index in [0.717, 1.165) is 44.4 Å². The van der Waals surface area contributed by atoms with E-state index in [2.05, 4.69) is 12.2 Å². The summed E-state index contributed by atoms with van der Waals surface area (Å²) in [6, 6.07) is -0.197. The molecule has 0 radical (unpaired) electrons. The monoisotopic (exact) mass is 267 g/mol. The summed E-state index contributed by atoms with van der Waals surface area (Å²) >= 11 is 0. The molecule has 2 N–H and O–H groups in total. The van der Waals surface area contributed by atoms with E-state index in [1.807, 2.05) is 0 Å². The van der Waals surface area contributed by atoms with Gasteiger partial charge < -0.3 is 10.4 Å². The van der Waals surface area contributed by atoms with Crippen LogP contribution in [-0.2, 0) is 9.59 Å². The molecule has 0 bridgehead atoms. The third kappa shape index (κ3) is 2.93. The Kier molecular flexibility index (Phi) is 4.16. The van der Waals surface area contributed by atoms with Gasteiger partial charge >= 0.3 is 5.97 Å². The van der Waals surface area contributed by atoms with Crippen LogP contribution in [0.4, 0.5) is 0 Å². The maximum Gasteiger partial charge on any atom is 0.311 e. The van der Waals surface area contributed by atoms with Crippen LogP contribution in [0.15, 0.2) is 0 Å². The van der Waals surface area contributed by atoms with Crippen molar-refractivity contribution in [1.82, 2.24) is 5.32 Å². The first-order valence-corrected chi connectivity index (χ1v) is 7.47. The van der Waals surface area contributed by atoms with Gasteiger partial charge in [-0.3, -0.25) is 9.59 Å². The number of rotatable bonds is 3. The number of amides is 1. The molecule has 0 aromatic heterocycles. The van der Waals surface area contributed by atoms with Gasteiger partial charge in [-0.25, -0.2) is 0 Å². The molecule has 0 spiro atoms. The summed E-state index contributed by atoms with van der Waals surface area (Å²) in [5.74, 6) is 0.105. The van der Waals surface area contributed by atoms with Gasteiger partial charge in [0, 0.05) is 12.0 Å². The van der Waals surface area contributed by atoms with Crippen LogP contribution in [-0.4, -0.2) is 23.0 Å². The lowest BCUT2D eigenvalue weighted by Gasteiger charge is -2.31. The summed E-state index contributed by atoms with van der Waals surface area (Å²) in [5, 5.41) is 12.4. The van der Waals surface area contributed by atoms with Gasteiger partial charge in [-0.05, 0) is 51.4 Å². The first-order valence-electron chi connectivity index (χ1n) is 7.47. The molecule has 4 nitrogen and oxygen atoms in total. The molecular formula is C15H25NO3. The van der Waals surface area contributed by atoms with Crippen LogP contribution in [0, 0.1) is 17.3 Å². The van der Waals surface area contributed by atoms with Crippen LogP contribution < -0.4 is 5.32 Å². The zero-order valence-corrected chi connectivity index (χ0v) is 11.9. The largest absolute Gasteiger partial charge is 0.481 e. The van der Waals surface area contributed by atoms with Crippen molar-refractivity contribution in [2.24, 2.45) is 17.3 Å². The third-order valence-electron chi connectivity index (χ3n) is 5.15. The van der Waals surface area contributed by atoms with Crippen LogP contribution in [0.5, 0.6) is 0 Å². The Balaban J connectivity index is 1.93. The van der Waals surface area contributed by atoms with Gasteiger partial charge in [-0.15, -0.1) is 0 Å². The number of hydrogen-bond donors (Lipinski definition) is 2. The normalized spacial score (nSPS) is 38.9. The molecule has 108 valence electrons. The SMILES string of the molecule is CC1CCC(C(=O)NC2CCCC2(C)C(=O)O)CC1. The molecule has 2 aliphatic rings. The van der Waals surface area contributed by atoms with E-state index in [-0.39, 0.29) is 17.9 Å². The summed E-state index contributed by atoms with van der Waals surface area (Å²) in [4.78, 5) is 23.7. The van der Waals surface area contributed by atoms with Gasteiger partial charge in [0.2, 0.25) is 5.91 Å². The predicted molar refractivity (Wildman–Crippen MR) is 72.6 cm³/mol. The highest BCUT2D eigenvalue weighted by atomic mass is 16.4. The topological polar surface area (TPSA) is 66.4 Å². The van der Waals surface area contributed by atoms with Gasteiger partial charge in [0.25, 0.3) is 0 Å². The van der Waals surface area contributed by atoms with E-state index >= 15 is 0 Å². The van der Waals surface area contributed by atoms with Crippen LogP contribution in [0.3, 0.4) is 0 Å². The van der Waals surface area contributed by atoms with Crippen LogP contribution in [0.2, 0.25) is 0 Å². The molecule has 4 heteroatoms. The molecule has 0 aromatic rings. The minimum absolute atomic E-state index is 0.0753. The van der Waals surface area contributed by atoms with Gasteiger partial charge in [0.1, 0.15) is 0 Å². The number of nitrogens with one attached hydrogen (secondary N) is 1. The lowest BCUT2D eigenvalue weighted by atomic mass is 9.81. The van der Waals surface area contributed by atoms with E-state index in [1.165, 1.54) is 0 Å². The second kappa shape index (κ2) is 5.51. The molecule has 1 amide bonds. The maximum atomic E-state index is 12.3. The maximum absolute atomic E-state index is 12.3. The van der Waals surface area contributed by atoms with Crippen molar-refractivity contribution >= 4 is 11.9 Å². The summed E-state index contributed by atoms with van der Waals surface area (Å²) < 4.78 is 0. The predicted octanol–water partition coefficient (Wildman–Crippen LogP) is 2.57. The van der Waals surface area contributed by atoms with E-state index in [4.69, 9.17) is 0 Å². The quantitative estimate of drug-likeness (QED) is 0.826. The molecule has 0 saturated heterocycles. The number of carboxylic acids is 1. The highest BCUT2D eigenvalue weighted by Crippen LogP contribution is 2.38. The van der Waals surface area contributed by atoms with Crippen molar-refractivity contribution in [2.75, 3.05) is 0 Å². The Labute approximate surface area is 115 Å². The molecular weight excluding hydrogens is 242 g/mol. The molecule has 0 aliphatic heterocycles. The molecule has 2 unspecified atom stereocenters. The standard InChI is InChI=1S/C15H25NO3/c1-10-5-7-11(8-6-10)13(17)16-12-4-3-9-15(12,2)14(18)19/h10-12H,3-9H2,1-2H3,(H,16,17)(H,18,19). The Hall–Kier alpha value is -1.06. The number of carbonyl (C=O) groups excluding carboxylic acids is 1. The Morgan fingerprint density at radius 2 is 1.79 bits per heavy atom. The van der Waals surface area contributed by atoms with E-state index < -0.39 is 11.4 Å². The average molecular weight is 267 g/mol. The highest BCUT2D eigenvalue weighted by molar-refractivity contribution is 5.81. The lowest BCUT2D eigenvalue weighted by Crippen LogP contribution is -2.49. The molecule has 19 heavy (non-hydrogen) atoms. The van der Waals surface area contributed by atoms with Crippen molar-refractivity contribution < 1.29 is 14.7 Å². The number of carbonyl (C=O) groups is 2. The number of aliphatic carboxylic acids is 1. The van der Waals surface area contributed by atoms with E-state index in [1.54, 1.807) is 6.92 Å². The number of hydrogen-bond acceptors (Lipinski definition) is 2. The zero-order chi connectivity index (χ0) is 14.0. The molecule has 0 aromatic carbocycles. The van der Waals surface area contributed by atoms with Crippen LogP contribution >= 0.6 is 0 Å². The Bertz CT molecular complexity index is 360. The molecule has 2 fully saturated rings. The molecule has 2 aliphatic carbocycles. The summed E-state index contributed by atoms with van der Waals surface area (Å²) in [5.41, 5.74) is -0.780. The van der Waals surface area contributed by atoms with Crippen molar-refractivity contribution in [3.63, 3.8) is 0 Å². The van der Waals surface area contributed by atoms with E-state index in [9.17, 15) is 14.7 Å². The fourth-order valence-corrected chi connectivity index (χ4v) is 3.47. The van der Waals surface area contributed by atoms with Gasteiger partial charge in [0.15, 0.2) is 0 Å². The van der Waals surface area contributed by atoms with Crippen molar-refractivity contribution in [3.05, 3.63) is 0 Å². The van der Waals surface area contributed by atoms with Gasteiger partial charge in [-0.1, -0.05) is 13.3 Å². The van der Waals surface area contributed by atoms with Crippen molar-refractivity contribution in [1.29, 1.82) is 0 Å². The lowest BCUT2D eigenvalue weighted by molar-refractivity contribution is -0.149. The minimum Gasteiger partial charge on any atom is -0.481 e.